The van der Waals surface area contributed by atoms with E-state index in [1.165, 1.54) is 55.6 Å². The molecule has 12 rings (SSSR count). The topological polar surface area (TPSA) is 80.6 Å². The van der Waals surface area contributed by atoms with Gasteiger partial charge in [-0.3, -0.25) is 4.99 Å². The number of aryl methyl sites for hydroxylation is 2. The Balaban J connectivity index is 0.808. The molecule has 7 heteroatoms. The zero-order chi connectivity index (χ0) is 74.2. The van der Waals surface area contributed by atoms with E-state index in [0.29, 0.717) is 37.6 Å². The molecule has 534 valence electrons. The Morgan fingerprint density at radius 2 is 0.895 bits per heavy atom. The fraction of sp³-hybridized carbons (Fsp3) is 0.306. The first-order valence-corrected chi connectivity index (χ1v) is 37.8. The van der Waals surface area contributed by atoms with E-state index >= 15 is 0 Å². The Hall–Kier alpha value is -10.6. The molecule has 3 aliphatic rings. The summed E-state index contributed by atoms with van der Waals surface area (Å²) in [5, 5.41) is 9.68. The van der Waals surface area contributed by atoms with Gasteiger partial charge in [-0.15, -0.1) is 24.7 Å². The Labute approximate surface area is 625 Å². The zero-order valence-electron chi connectivity index (χ0n) is 63.6. The molecular formula is C98H102N2O5. The monoisotopic (exact) mass is 1390 g/mol. The van der Waals surface area contributed by atoms with Gasteiger partial charge in [0.1, 0.15) is 17.2 Å². The Morgan fingerprint density at radius 1 is 0.438 bits per heavy atom. The van der Waals surface area contributed by atoms with Crippen molar-refractivity contribution in [2.45, 2.75) is 157 Å². The van der Waals surface area contributed by atoms with Crippen molar-refractivity contribution in [3.05, 3.63) is 259 Å². The van der Waals surface area contributed by atoms with Gasteiger partial charge in [-0.2, -0.15) is 0 Å². The van der Waals surface area contributed by atoms with Crippen LogP contribution in [0, 0.1) is 42.4 Å². The van der Waals surface area contributed by atoms with Crippen molar-refractivity contribution in [2.24, 2.45) is 22.7 Å². The maximum atomic E-state index is 11.8. The van der Waals surface area contributed by atoms with Crippen LogP contribution < -0.4 is 19.1 Å². The normalized spacial score (nSPS) is 14.2. The summed E-state index contributed by atoms with van der Waals surface area (Å²) in [6.07, 6.45) is 37.1. The molecule has 0 bridgehead atoms. The van der Waals surface area contributed by atoms with Crippen LogP contribution in [-0.2, 0) is 29.1 Å². The van der Waals surface area contributed by atoms with Crippen LogP contribution in [0.1, 0.15) is 216 Å². The molecule has 0 saturated heterocycles. The minimum absolute atomic E-state index is 0.148. The number of ether oxygens (including phenoxy) is 3. The molecule has 0 atom stereocenters. The number of carbonyl (C=O) groups is 1. The standard InChI is InChI=1S/C98H102N2O5/c1-15-17-19-21-23-69-33-47-81-82-49-45-80(62-88(82)97(11,12)86(81)55-69)100(79-46-50-85-84(61-79)83-48-34-70(24-22-20-18-16-2)56-87(83)96(85,9)10)78-43-31-68(32-44-78)25-36-74-37-26-71(57-91(74)103-54-53-65(3)4)27-38-75-39-28-72(58-92(75)104-63-66(5)6)29-40-76-41-30-73(59-93(76)105-64-67(7)8)35-52-94-98(13,14)89-60-77(95(101)102)42-51-90(89)99-94/h1-2,25-52,55-62,65-67H,17-24,53-54,63-64H2,3-14H3,(H,101,102). The molecule has 0 radical (unpaired) electrons. The number of unbranched alkanes of at least 4 members (excludes halogenated alkanes) is 4. The molecule has 105 heavy (non-hydrogen) atoms. The highest BCUT2D eigenvalue weighted by atomic mass is 16.5. The first-order chi connectivity index (χ1) is 50.5. The van der Waals surface area contributed by atoms with Crippen LogP contribution in [0.15, 0.2) is 181 Å². The number of hydrogen-bond donors (Lipinski definition) is 1. The fourth-order valence-corrected chi connectivity index (χ4v) is 14.8. The average Bonchev–Trinajstić information content (AvgIpc) is 1.58. The first-order valence-electron chi connectivity index (χ1n) is 37.8. The quantitative estimate of drug-likeness (QED) is 0.0274. The third-order valence-electron chi connectivity index (χ3n) is 21.0. The Bertz CT molecular complexity index is 4950. The third-order valence-corrected chi connectivity index (χ3v) is 21.0. The second kappa shape index (κ2) is 32.2. The van der Waals surface area contributed by atoms with Crippen molar-refractivity contribution in [3.63, 3.8) is 0 Å². The van der Waals surface area contributed by atoms with Crippen LogP contribution in [0.2, 0.25) is 0 Å². The summed E-state index contributed by atoms with van der Waals surface area (Å²) < 4.78 is 19.7. The summed E-state index contributed by atoms with van der Waals surface area (Å²) in [6, 6.07) is 61.8. The van der Waals surface area contributed by atoms with Gasteiger partial charge in [0.15, 0.2) is 0 Å². The van der Waals surface area contributed by atoms with E-state index in [4.69, 9.17) is 32.0 Å². The number of fused-ring (bicyclic) bond motifs is 7. The highest BCUT2D eigenvalue weighted by molar-refractivity contribution is 6.11. The van der Waals surface area contributed by atoms with Crippen LogP contribution in [0.3, 0.4) is 0 Å². The predicted octanol–water partition coefficient (Wildman–Crippen LogP) is 25.2. The molecule has 2 aliphatic carbocycles. The van der Waals surface area contributed by atoms with Crippen molar-refractivity contribution in [2.75, 3.05) is 24.7 Å². The van der Waals surface area contributed by atoms with E-state index in [0.717, 1.165) is 148 Å². The van der Waals surface area contributed by atoms with E-state index in [-0.39, 0.29) is 16.4 Å². The molecule has 9 aromatic rings. The van der Waals surface area contributed by atoms with Crippen molar-refractivity contribution in [3.8, 4) is 64.2 Å². The van der Waals surface area contributed by atoms with Gasteiger partial charge in [0.2, 0.25) is 0 Å². The second-order valence-electron chi connectivity index (χ2n) is 31.5. The van der Waals surface area contributed by atoms with E-state index < -0.39 is 11.4 Å². The van der Waals surface area contributed by atoms with Gasteiger partial charge in [-0.25, -0.2) is 4.79 Å². The molecule has 0 saturated carbocycles. The number of allylic oxidation sites excluding steroid dienone is 1. The molecule has 0 spiro atoms. The summed E-state index contributed by atoms with van der Waals surface area (Å²) in [5.41, 5.74) is 25.8. The van der Waals surface area contributed by atoms with Crippen molar-refractivity contribution < 1.29 is 24.1 Å². The Kier molecular flexibility index (Phi) is 22.7. The summed E-state index contributed by atoms with van der Waals surface area (Å²) in [7, 11) is 0. The predicted molar refractivity (Wildman–Crippen MR) is 443 cm³/mol. The molecular weight excluding hydrogens is 1290 g/mol. The van der Waals surface area contributed by atoms with E-state index in [9.17, 15) is 9.90 Å². The zero-order valence-corrected chi connectivity index (χ0v) is 63.6. The van der Waals surface area contributed by atoms with Gasteiger partial charge in [0.05, 0.1) is 36.8 Å². The summed E-state index contributed by atoms with van der Waals surface area (Å²) in [6.45, 7) is 28.5. The maximum absolute atomic E-state index is 11.8. The summed E-state index contributed by atoms with van der Waals surface area (Å²) in [5.74, 6) is 8.26. The SMILES string of the molecule is C#CCCCCc1ccc2c(c1)C(C)(C)c1ccc(N(c3ccc(C=Cc4ccc(C=Cc5ccc(C=Cc6ccc(C=CC7=Nc8ccc(C(=O)O)cc8C7(C)C)cc6OCC(C)C)cc5OCC(C)C)cc4OCCC(C)C)cc3)c3ccc4c(c3)C(C)(C)c3cc(CCCCC#C)ccc3-4)cc1-2. The molecule has 7 nitrogen and oxygen atoms in total. The molecule has 1 aliphatic heterocycles. The van der Waals surface area contributed by atoms with Crippen molar-refractivity contribution >= 4 is 77.0 Å². The molecule has 0 aromatic heterocycles. The van der Waals surface area contributed by atoms with Gasteiger partial charge < -0.3 is 24.2 Å². The number of anilines is 3. The number of benzene rings is 9. The smallest absolute Gasteiger partial charge is 0.335 e. The third kappa shape index (κ3) is 16.8. The van der Waals surface area contributed by atoms with Crippen molar-refractivity contribution in [1.82, 2.24) is 0 Å². The van der Waals surface area contributed by atoms with Gasteiger partial charge in [0.25, 0.3) is 0 Å². The highest BCUT2D eigenvalue weighted by Crippen LogP contribution is 2.54. The van der Waals surface area contributed by atoms with Crippen LogP contribution in [0.25, 0.3) is 64.8 Å². The number of terminal acetylenes is 2. The van der Waals surface area contributed by atoms with E-state index in [1.807, 2.05) is 6.08 Å². The number of nitrogens with zero attached hydrogens (tertiary/aromatic N) is 2. The summed E-state index contributed by atoms with van der Waals surface area (Å²) in [4.78, 5) is 19.2. The number of carboxylic acids is 1. The minimum atomic E-state index is -0.947. The lowest BCUT2D eigenvalue weighted by molar-refractivity contribution is 0.0696. The number of rotatable bonds is 30. The second-order valence-corrected chi connectivity index (χ2v) is 31.5. The molecule has 9 aromatic carbocycles. The minimum Gasteiger partial charge on any atom is -0.493 e. The Morgan fingerprint density at radius 3 is 1.42 bits per heavy atom. The molecule has 0 amide bonds. The first kappa shape index (κ1) is 74.1. The number of carboxylic acid groups (broad SMARTS) is 1. The highest BCUT2D eigenvalue weighted by Gasteiger charge is 2.39. The van der Waals surface area contributed by atoms with Crippen LogP contribution in [0.4, 0.5) is 22.7 Å². The molecule has 1 N–H and O–H groups in total. The number of aliphatic imine (C=N–C) groups is 1. The summed E-state index contributed by atoms with van der Waals surface area (Å²) >= 11 is 0. The molecule has 0 unspecified atom stereocenters. The maximum Gasteiger partial charge on any atom is 0.335 e. The van der Waals surface area contributed by atoms with Crippen molar-refractivity contribution in [1.29, 1.82) is 0 Å². The molecule has 1 heterocycles. The van der Waals surface area contributed by atoms with Gasteiger partial charge >= 0.3 is 5.97 Å². The van der Waals surface area contributed by atoms with Gasteiger partial charge in [0, 0.05) is 62.8 Å². The lowest BCUT2D eigenvalue weighted by Crippen LogP contribution is -2.24. The van der Waals surface area contributed by atoms with Crippen LogP contribution in [-0.4, -0.2) is 36.6 Å². The largest absolute Gasteiger partial charge is 0.493 e. The fourth-order valence-electron chi connectivity index (χ4n) is 14.8. The van der Waals surface area contributed by atoms with Crippen LogP contribution in [0.5, 0.6) is 17.2 Å². The lowest BCUT2D eigenvalue weighted by atomic mass is 9.80. The van der Waals surface area contributed by atoms with Crippen LogP contribution >= 0.6 is 0 Å². The van der Waals surface area contributed by atoms with Gasteiger partial charge in [-0.05, 0) is 225 Å². The number of hydrogen-bond acceptors (Lipinski definition) is 6. The number of aromatic carboxylic acids is 1. The van der Waals surface area contributed by atoms with Gasteiger partial charge in [-0.1, -0.05) is 223 Å². The van der Waals surface area contributed by atoms with E-state index in [2.05, 4.69) is 294 Å². The van der Waals surface area contributed by atoms with E-state index in [1.54, 1.807) is 18.2 Å². The lowest BCUT2D eigenvalue weighted by Gasteiger charge is -2.29. The molecule has 0 fully saturated rings. The average molecular weight is 1390 g/mol.